The fourth-order valence-electron chi connectivity index (χ4n) is 1.62. The van der Waals surface area contributed by atoms with Gasteiger partial charge in [0.05, 0.1) is 0 Å². The molecular formula is C13H14BrN. The molecule has 0 fully saturated rings. The van der Waals surface area contributed by atoms with E-state index in [1.165, 1.54) is 10.8 Å². The molecular weight excluding hydrogens is 250 g/mol. The molecule has 0 heterocycles. The molecule has 0 spiro atoms. The lowest BCUT2D eigenvalue weighted by Crippen LogP contribution is -2.28. The van der Waals surface area contributed by atoms with Crippen LogP contribution in [0.15, 0.2) is 40.9 Å². The Hall–Kier alpha value is -0.860. The molecule has 2 aromatic carbocycles. The lowest BCUT2D eigenvalue weighted by molar-refractivity contribution is 0.555. The summed E-state index contributed by atoms with van der Waals surface area (Å²) in [5.74, 6) is 0. The van der Waals surface area contributed by atoms with Crippen LogP contribution in [0.25, 0.3) is 10.8 Å². The van der Waals surface area contributed by atoms with Crippen LogP contribution in [-0.2, 0) is 5.54 Å². The highest BCUT2D eigenvalue weighted by molar-refractivity contribution is 9.10. The molecule has 0 aliphatic heterocycles. The van der Waals surface area contributed by atoms with Crippen molar-refractivity contribution >= 4 is 26.7 Å². The number of rotatable bonds is 1. The maximum absolute atomic E-state index is 6.07. The van der Waals surface area contributed by atoms with E-state index in [0.717, 1.165) is 10.0 Å². The summed E-state index contributed by atoms with van der Waals surface area (Å²) in [6.07, 6.45) is 0. The minimum Gasteiger partial charge on any atom is -0.322 e. The van der Waals surface area contributed by atoms with Crippen LogP contribution in [0.1, 0.15) is 19.4 Å². The largest absolute Gasteiger partial charge is 0.322 e. The van der Waals surface area contributed by atoms with Gasteiger partial charge >= 0.3 is 0 Å². The maximum Gasteiger partial charge on any atom is 0.0352 e. The third-order valence-corrected chi connectivity index (χ3v) is 3.04. The van der Waals surface area contributed by atoms with E-state index in [0.29, 0.717) is 0 Å². The van der Waals surface area contributed by atoms with Crippen LogP contribution >= 0.6 is 15.9 Å². The first-order valence-electron chi connectivity index (χ1n) is 4.95. The van der Waals surface area contributed by atoms with Crippen LogP contribution < -0.4 is 5.73 Å². The zero-order valence-electron chi connectivity index (χ0n) is 8.92. The second kappa shape index (κ2) is 3.62. The zero-order chi connectivity index (χ0) is 11.1. The number of halogens is 1. The Balaban J connectivity index is 2.64. The summed E-state index contributed by atoms with van der Waals surface area (Å²) in [5.41, 5.74) is 6.95. The number of benzene rings is 2. The third kappa shape index (κ3) is 2.21. The highest BCUT2D eigenvalue weighted by atomic mass is 79.9. The Morgan fingerprint density at radius 1 is 1.00 bits per heavy atom. The predicted octanol–water partition coefficient (Wildman–Crippen LogP) is 3.80. The number of hydrogen-bond donors (Lipinski definition) is 1. The summed E-state index contributed by atoms with van der Waals surface area (Å²) in [5, 5.41) is 2.46. The molecule has 0 saturated carbocycles. The van der Waals surface area contributed by atoms with E-state index >= 15 is 0 Å². The van der Waals surface area contributed by atoms with E-state index in [2.05, 4.69) is 52.3 Å². The molecule has 2 aromatic rings. The Labute approximate surface area is 98.4 Å². The highest BCUT2D eigenvalue weighted by Gasteiger charge is 2.13. The second-order valence-electron chi connectivity index (χ2n) is 4.43. The van der Waals surface area contributed by atoms with Gasteiger partial charge in [-0.05, 0) is 48.4 Å². The first-order chi connectivity index (χ1) is 6.97. The fraction of sp³-hybridized carbons (Fsp3) is 0.231. The quantitative estimate of drug-likeness (QED) is 0.833. The van der Waals surface area contributed by atoms with Crippen LogP contribution in [0, 0.1) is 0 Å². The van der Waals surface area contributed by atoms with Crippen molar-refractivity contribution in [2.75, 3.05) is 0 Å². The molecule has 15 heavy (non-hydrogen) atoms. The first-order valence-corrected chi connectivity index (χ1v) is 5.75. The Morgan fingerprint density at radius 3 is 2.33 bits per heavy atom. The smallest absolute Gasteiger partial charge is 0.0352 e. The van der Waals surface area contributed by atoms with Crippen molar-refractivity contribution in [2.24, 2.45) is 5.73 Å². The van der Waals surface area contributed by atoms with Gasteiger partial charge in [-0.2, -0.15) is 0 Å². The molecule has 1 nitrogen and oxygen atoms in total. The normalized spacial score (nSPS) is 12.0. The summed E-state index contributed by atoms with van der Waals surface area (Å²) in [4.78, 5) is 0. The summed E-state index contributed by atoms with van der Waals surface area (Å²) in [7, 11) is 0. The van der Waals surface area contributed by atoms with Crippen LogP contribution in [0.2, 0.25) is 0 Å². The number of nitrogens with two attached hydrogens (primary N) is 1. The molecule has 2 N–H and O–H groups in total. The standard InChI is InChI=1S/C13H14BrN/c1-13(2,15)11-5-3-9-4-6-12(14)8-10(9)7-11/h3-8H,15H2,1-2H3. The Morgan fingerprint density at radius 2 is 1.67 bits per heavy atom. The van der Waals surface area contributed by atoms with E-state index < -0.39 is 0 Å². The van der Waals surface area contributed by atoms with E-state index in [9.17, 15) is 0 Å². The van der Waals surface area contributed by atoms with Crippen molar-refractivity contribution in [3.63, 3.8) is 0 Å². The summed E-state index contributed by atoms with van der Waals surface area (Å²) in [6, 6.07) is 12.6. The van der Waals surface area contributed by atoms with Gasteiger partial charge in [0.2, 0.25) is 0 Å². The molecule has 2 rings (SSSR count). The van der Waals surface area contributed by atoms with Crippen molar-refractivity contribution in [3.8, 4) is 0 Å². The zero-order valence-corrected chi connectivity index (χ0v) is 10.5. The van der Waals surface area contributed by atoms with E-state index in [-0.39, 0.29) is 5.54 Å². The van der Waals surface area contributed by atoms with Crippen molar-refractivity contribution in [2.45, 2.75) is 19.4 Å². The van der Waals surface area contributed by atoms with Gasteiger partial charge in [0, 0.05) is 10.0 Å². The van der Waals surface area contributed by atoms with Gasteiger partial charge in [-0.1, -0.05) is 34.1 Å². The van der Waals surface area contributed by atoms with Crippen LogP contribution in [0.5, 0.6) is 0 Å². The van der Waals surface area contributed by atoms with Gasteiger partial charge in [0.15, 0.2) is 0 Å². The minimum absolute atomic E-state index is 0.281. The van der Waals surface area contributed by atoms with Gasteiger partial charge in [0.1, 0.15) is 0 Å². The second-order valence-corrected chi connectivity index (χ2v) is 5.34. The molecule has 0 bridgehead atoms. The predicted molar refractivity (Wildman–Crippen MR) is 68.9 cm³/mol. The van der Waals surface area contributed by atoms with Gasteiger partial charge < -0.3 is 5.73 Å². The third-order valence-electron chi connectivity index (χ3n) is 2.55. The lowest BCUT2D eigenvalue weighted by Gasteiger charge is -2.19. The van der Waals surface area contributed by atoms with Crippen molar-refractivity contribution in [3.05, 3.63) is 46.4 Å². The summed E-state index contributed by atoms with van der Waals surface area (Å²) in [6.45, 7) is 4.04. The Bertz CT molecular complexity index is 497. The molecule has 0 amide bonds. The Kier molecular flexibility index (Phi) is 2.57. The molecule has 0 aliphatic rings. The molecule has 0 aliphatic carbocycles. The van der Waals surface area contributed by atoms with Gasteiger partial charge in [-0.15, -0.1) is 0 Å². The van der Waals surface area contributed by atoms with Crippen LogP contribution in [0.3, 0.4) is 0 Å². The topological polar surface area (TPSA) is 26.0 Å². The fourth-order valence-corrected chi connectivity index (χ4v) is 2.00. The van der Waals surface area contributed by atoms with Crippen molar-refractivity contribution in [1.82, 2.24) is 0 Å². The summed E-state index contributed by atoms with van der Waals surface area (Å²) >= 11 is 3.48. The monoisotopic (exact) mass is 263 g/mol. The van der Waals surface area contributed by atoms with Gasteiger partial charge in [0.25, 0.3) is 0 Å². The van der Waals surface area contributed by atoms with Gasteiger partial charge in [-0.3, -0.25) is 0 Å². The summed E-state index contributed by atoms with van der Waals surface area (Å²) < 4.78 is 1.10. The molecule has 0 unspecified atom stereocenters. The molecule has 78 valence electrons. The molecule has 0 saturated heterocycles. The molecule has 0 aromatic heterocycles. The number of hydrogen-bond acceptors (Lipinski definition) is 1. The molecule has 0 atom stereocenters. The van der Waals surface area contributed by atoms with Crippen LogP contribution in [-0.4, -0.2) is 0 Å². The van der Waals surface area contributed by atoms with Crippen molar-refractivity contribution in [1.29, 1.82) is 0 Å². The SMILES string of the molecule is CC(C)(N)c1ccc2ccc(Br)cc2c1. The van der Waals surface area contributed by atoms with Crippen LogP contribution in [0.4, 0.5) is 0 Å². The van der Waals surface area contributed by atoms with Crippen molar-refractivity contribution < 1.29 is 0 Å². The van der Waals surface area contributed by atoms with Gasteiger partial charge in [-0.25, -0.2) is 0 Å². The highest BCUT2D eigenvalue weighted by Crippen LogP contribution is 2.25. The molecule has 0 radical (unpaired) electrons. The average molecular weight is 264 g/mol. The number of fused-ring (bicyclic) bond motifs is 1. The first kappa shape index (κ1) is 10.7. The van der Waals surface area contributed by atoms with E-state index in [1.54, 1.807) is 0 Å². The average Bonchev–Trinajstić information content (AvgIpc) is 2.15. The molecule has 2 heteroatoms. The van der Waals surface area contributed by atoms with E-state index in [4.69, 9.17) is 5.73 Å². The minimum atomic E-state index is -0.281. The van der Waals surface area contributed by atoms with E-state index in [1.807, 2.05) is 13.8 Å². The maximum atomic E-state index is 6.07. The lowest BCUT2D eigenvalue weighted by atomic mass is 9.93.